The van der Waals surface area contributed by atoms with Gasteiger partial charge in [0.25, 0.3) is 0 Å². The SMILES string of the molecule is CC(=O)C1OC1c1ccc(O)cc1. The molecule has 1 saturated heterocycles. The maximum Gasteiger partial charge on any atom is 0.161 e. The molecule has 1 fully saturated rings. The predicted molar refractivity (Wildman–Crippen MR) is 46.4 cm³/mol. The lowest BCUT2D eigenvalue weighted by molar-refractivity contribution is -0.118. The number of epoxide rings is 1. The van der Waals surface area contributed by atoms with E-state index in [4.69, 9.17) is 9.84 Å². The second kappa shape index (κ2) is 2.85. The van der Waals surface area contributed by atoms with Crippen LogP contribution >= 0.6 is 0 Å². The van der Waals surface area contributed by atoms with E-state index in [2.05, 4.69) is 0 Å². The van der Waals surface area contributed by atoms with Gasteiger partial charge in [0, 0.05) is 0 Å². The van der Waals surface area contributed by atoms with Crippen molar-refractivity contribution in [1.29, 1.82) is 0 Å². The number of benzene rings is 1. The Balaban J connectivity index is 2.12. The molecule has 0 aliphatic carbocycles. The number of aromatic hydroxyl groups is 1. The van der Waals surface area contributed by atoms with E-state index in [1.807, 2.05) is 0 Å². The zero-order valence-corrected chi connectivity index (χ0v) is 7.23. The number of hydrogen-bond acceptors (Lipinski definition) is 3. The molecule has 1 aromatic rings. The minimum atomic E-state index is -0.274. The molecule has 0 spiro atoms. The molecule has 13 heavy (non-hydrogen) atoms. The molecule has 1 aromatic carbocycles. The van der Waals surface area contributed by atoms with Crippen molar-refractivity contribution in [3.63, 3.8) is 0 Å². The van der Waals surface area contributed by atoms with Crippen LogP contribution < -0.4 is 0 Å². The topological polar surface area (TPSA) is 49.8 Å². The summed E-state index contributed by atoms with van der Waals surface area (Å²) >= 11 is 0. The van der Waals surface area contributed by atoms with E-state index in [9.17, 15) is 4.79 Å². The van der Waals surface area contributed by atoms with E-state index in [-0.39, 0.29) is 23.7 Å². The fourth-order valence-electron chi connectivity index (χ4n) is 1.34. The summed E-state index contributed by atoms with van der Waals surface area (Å²) in [5.41, 5.74) is 0.943. The monoisotopic (exact) mass is 178 g/mol. The van der Waals surface area contributed by atoms with Gasteiger partial charge in [0.1, 0.15) is 18.0 Å². The molecule has 1 aliphatic rings. The van der Waals surface area contributed by atoms with Crippen molar-refractivity contribution in [3.8, 4) is 5.75 Å². The highest BCUT2D eigenvalue weighted by atomic mass is 16.6. The van der Waals surface area contributed by atoms with E-state index in [1.165, 1.54) is 6.92 Å². The van der Waals surface area contributed by atoms with Gasteiger partial charge in [-0.1, -0.05) is 12.1 Å². The number of rotatable bonds is 2. The van der Waals surface area contributed by atoms with E-state index in [1.54, 1.807) is 24.3 Å². The van der Waals surface area contributed by atoms with Crippen LogP contribution in [0.3, 0.4) is 0 Å². The van der Waals surface area contributed by atoms with Crippen molar-refractivity contribution in [1.82, 2.24) is 0 Å². The quantitative estimate of drug-likeness (QED) is 0.697. The van der Waals surface area contributed by atoms with Crippen LogP contribution in [0.4, 0.5) is 0 Å². The molecule has 1 N–H and O–H groups in total. The number of Topliss-reactive ketones (excluding diaryl/α,β-unsaturated/α-hetero) is 1. The van der Waals surface area contributed by atoms with E-state index < -0.39 is 0 Å². The Morgan fingerprint density at radius 3 is 2.46 bits per heavy atom. The van der Waals surface area contributed by atoms with Crippen molar-refractivity contribution in [2.24, 2.45) is 0 Å². The molecule has 3 heteroatoms. The summed E-state index contributed by atoms with van der Waals surface area (Å²) in [7, 11) is 0. The first kappa shape index (κ1) is 8.26. The highest BCUT2D eigenvalue weighted by molar-refractivity contribution is 5.83. The Kier molecular flexibility index (Phi) is 1.81. The third-order valence-corrected chi connectivity index (χ3v) is 2.11. The molecule has 0 bridgehead atoms. The Hall–Kier alpha value is -1.35. The minimum Gasteiger partial charge on any atom is -0.508 e. The third kappa shape index (κ3) is 1.55. The van der Waals surface area contributed by atoms with Gasteiger partial charge in [-0.15, -0.1) is 0 Å². The number of ether oxygens (including phenoxy) is 1. The lowest BCUT2D eigenvalue weighted by Gasteiger charge is -1.94. The maximum absolute atomic E-state index is 10.9. The molecule has 2 atom stereocenters. The van der Waals surface area contributed by atoms with Gasteiger partial charge in [-0.25, -0.2) is 0 Å². The Labute approximate surface area is 76.0 Å². The van der Waals surface area contributed by atoms with Crippen LogP contribution in [0.1, 0.15) is 18.6 Å². The Bertz CT molecular complexity index is 329. The number of carbonyl (C=O) groups is 1. The van der Waals surface area contributed by atoms with Crippen LogP contribution in [0.15, 0.2) is 24.3 Å². The second-order valence-corrected chi connectivity index (χ2v) is 3.18. The van der Waals surface area contributed by atoms with E-state index >= 15 is 0 Å². The molecule has 0 saturated carbocycles. The van der Waals surface area contributed by atoms with Crippen LogP contribution in [0, 0.1) is 0 Å². The van der Waals surface area contributed by atoms with Gasteiger partial charge in [0.15, 0.2) is 5.78 Å². The average molecular weight is 178 g/mol. The molecule has 68 valence electrons. The summed E-state index contributed by atoms with van der Waals surface area (Å²) in [5.74, 6) is 0.279. The van der Waals surface area contributed by atoms with E-state index in [0.29, 0.717) is 0 Å². The predicted octanol–water partition coefficient (Wildman–Crippen LogP) is 1.42. The van der Waals surface area contributed by atoms with Crippen molar-refractivity contribution in [2.45, 2.75) is 19.1 Å². The van der Waals surface area contributed by atoms with Gasteiger partial charge in [-0.2, -0.15) is 0 Å². The fraction of sp³-hybridized carbons (Fsp3) is 0.300. The molecular weight excluding hydrogens is 168 g/mol. The summed E-state index contributed by atoms with van der Waals surface area (Å²) in [6.07, 6.45) is -0.373. The molecule has 2 unspecified atom stereocenters. The molecule has 0 radical (unpaired) electrons. The number of phenolic OH excluding ortho intramolecular Hbond substituents is 1. The van der Waals surface area contributed by atoms with Gasteiger partial charge >= 0.3 is 0 Å². The highest BCUT2D eigenvalue weighted by Gasteiger charge is 2.43. The van der Waals surface area contributed by atoms with Gasteiger partial charge in [0.2, 0.25) is 0 Å². The first-order chi connectivity index (χ1) is 6.18. The fourth-order valence-corrected chi connectivity index (χ4v) is 1.34. The molecule has 3 nitrogen and oxygen atoms in total. The van der Waals surface area contributed by atoms with Crippen LogP contribution in [-0.4, -0.2) is 17.0 Å². The first-order valence-electron chi connectivity index (χ1n) is 4.13. The van der Waals surface area contributed by atoms with Crippen molar-refractivity contribution in [3.05, 3.63) is 29.8 Å². The number of carbonyl (C=O) groups excluding carboxylic acids is 1. The summed E-state index contributed by atoms with van der Waals surface area (Å²) in [4.78, 5) is 10.9. The zero-order chi connectivity index (χ0) is 9.42. The largest absolute Gasteiger partial charge is 0.508 e. The Morgan fingerprint density at radius 1 is 1.38 bits per heavy atom. The zero-order valence-electron chi connectivity index (χ0n) is 7.23. The van der Waals surface area contributed by atoms with Gasteiger partial charge < -0.3 is 9.84 Å². The molecule has 2 rings (SSSR count). The Morgan fingerprint density at radius 2 is 2.00 bits per heavy atom. The van der Waals surface area contributed by atoms with Gasteiger partial charge in [-0.05, 0) is 24.6 Å². The summed E-state index contributed by atoms with van der Waals surface area (Å²) in [5, 5.41) is 9.03. The van der Waals surface area contributed by atoms with Crippen LogP contribution in [-0.2, 0) is 9.53 Å². The summed E-state index contributed by atoms with van der Waals surface area (Å²) < 4.78 is 5.17. The van der Waals surface area contributed by atoms with Crippen molar-refractivity contribution >= 4 is 5.78 Å². The molecule has 0 aromatic heterocycles. The lowest BCUT2D eigenvalue weighted by Crippen LogP contribution is -2.00. The van der Waals surface area contributed by atoms with Gasteiger partial charge in [-0.3, -0.25) is 4.79 Å². The van der Waals surface area contributed by atoms with Crippen molar-refractivity contribution in [2.75, 3.05) is 0 Å². The lowest BCUT2D eigenvalue weighted by atomic mass is 10.1. The van der Waals surface area contributed by atoms with Gasteiger partial charge in [0.05, 0.1) is 0 Å². The van der Waals surface area contributed by atoms with Crippen LogP contribution in [0.25, 0.3) is 0 Å². The molecule has 0 amide bonds. The molecule has 1 aliphatic heterocycles. The normalized spacial score (nSPS) is 25.6. The summed E-state index contributed by atoms with van der Waals surface area (Å²) in [6.45, 7) is 1.52. The number of phenols is 1. The molecule has 1 heterocycles. The maximum atomic E-state index is 10.9. The standard InChI is InChI=1S/C10H10O3/c1-6(11)9-10(13-9)7-2-4-8(12)5-3-7/h2-5,9-10,12H,1H3. The third-order valence-electron chi connectivity index (χ3n) is 2.11. The smallest absolute Gasteiger partial charge is 0.161 e. The average Bonchev–Trinajstić information content (AvgIpc) is 2.85. The highest BCUT2D eigenvalue weighted by Crippen LogP contribution is 2.39. The summed E-state index contributed by atoms with van der Waals surface area (Å²) in [6, 6.07) is 6.72. The van der Waals surface area contributed by atoms with Crippen LogP contribution in [0.5, 0.6) is 5.75 Å². The first-order valence-corrected chi connectivity index (χ1v) is 4.13. The number of ketones is 1. The van der Waals surface area contributed by atoms with Crippen LogP contribution in [0.2, 0.25) is 0 Å². The second-order valence-electron chi connectivity index (χ2n) is 3.18. The van der Waals surface area contributed by atoms with Crippen molar-refractivity contribution < 1.29 is 14.6 Å². The van der Waals surface area contributed by atoms with E-state index in [0.717, 1.165) is 5.56 Å². The number of hydrogen-bond donors (Lipinski definition) is 1. The molecular formula is C10H10O3. The minimum absolute atomic E-state index is 0.0538.